The first-order chi connectivity index (χ1) is 16.6. The second kappa shape index (κ2) is 10.4. The van der Waals surface area contributed by atoms with E-state index in [1.807, 2.05) is 25.6 Å². The molecule has 1 saturated heterocycles. The predicted octanol–water partition coefficient (Wildman–Crippen LogP) is 5.57. The maximum atomic E-state index is 13.8. The van der Waals surface area contributed by atoms with Crippen LogP contribution < -0.4 is 10.1 Å². The lowest BCUT2D eigenvalue weighted by molar-refractivity contribution is -0.127. The molecule has 1 aliphatic carbocycles. The van der Waals surface area contributed by atoms with Gasteiger partial charge in [-0.25, -0.2) is 8.78 Å². The highest BCUT2D eigenvalue weighted by Gasteiger charge is 2.36. The van der Waals surface area contributed by atoms with E-state index < -0.39 is 18.7 Å². The summed E-state index contributed by atoms with van der Waals surface area (Å²) in [4.78, 5) is 16.9. The average molecular weight is 515 g/mol. The lowest BCUT2D eigenvalue weighted by atomic mass is 9.84. The van der Waals surface area contributed by atoms with E-state index in [1.54, 1.807) is 4.68 Å². The van der Waals surface area contributed by atoms with Crippen LogP contribution in [-0.2, 0) is 17.6 Å². The molecule has 2 aliphatic rings. The van der Waals surface area contributed by atoms with Gasteiger partial charge in [0.2, 0.25) is 5.91 Å². The minimum Gasteiger partial charge on any atom is -0.433 e. The number of aromatic nitrogens is 3. The second-order valence-electron chi connectivity index (χ2n) is 9.70. The molecular formula is C24H30F4N4O2S. The third-order valence-corrected chi connectivity index (χ3v) is 7.75. The molecule has 1 fully saturated rings. The zero-order valence-electron chi connectivity index (χ0n) is 20.0. The van der Waals surface area contributed by atoms with Crippen molar-refractivity contribution < 1.29 is 27.1 Å². The molecule has 0 saturated carbocycles. The van der Waals surface area contributed by atoms with Crippen LogP contribution in [0.5, 0.6) is 5.75 Å². The number of pyridine rings is 1. The third-order valence-electron chi connectivity index (χ3n) is 6.76. The van der Waals surface area contributed by atoms with Gasteiger partial charge in [-0.2, -0.15) is 25.6 Å². The van der Waals surface area contributed by atoms with Gasteiger partial charge in [0.15, 0.2) is 0 Å². The first kappa shape index (κ1) is 25.8. The van der Waals surface area contributed by atoms with Crippen LogP contribution in [0.15, 0.2) is 12.3 Å². The SMILES string of the molecule is CC(C)n1nc(-c2cc(OC(F)F)cnc2C(F)F)c2c1CC(C(=O)NC1(C)CCSCC1)CC2. The molecule has 2 aromatic rings. The number of carbonyl (C=O) groups is 1. The van der Waals surface area contributed by atoms with Crippen molar-refractivity contribution in [2.45, 2.75) is 77.5 Å². The normalized spacial score (nSPS) is 19.8. The zero-order valence-corrected chi connectivity index (χ0v) is 20.8. The maximum Gasteiger partial charge on any atom is 0.387 e. The Morgan fingerprint density at radius 3 is 2.60 bits per heavy atom. The summed E-state index contributed by atoms with van der Waals surface area (Å²) in [5, 5.41) is 7.87. The van der Waals surface area contributed by atoms with Crippen molar-refractivity contribution in [1.29, 1.82) is 0 Å². The van der Waals surface area contributed by atoms with E-state index in [-0.39, 0.29) is 40.4 Å². The summed E-state index contributed by atoms with van der Waals surface area (Å²) in [6.45, 7) is 2.82. The van der Waals surface area contributed by atoms with Crippen molar-refractivity contribution in [3.05, 3.63) is 29.2 Å². The lowest BCUT2D eigenvalue weighted by Gasteiger charge is -2.36. The Bertz CT molecular complexity index is 1070. The Kier molecular flexibility index (Phi) is 7.63. The van der Waals surface area contributed by atoms with E-state index in [2.05, 4.69) is 27.1 Å². The summed E-state index contributed by atoms with van der Waals surface area (Å²) in [5.74, 6) is 1.48. The summed E-state index contributed by atoms with van der Waals surface area (Å²) >= 11 is 1.89. The van der Waals surface area contributed by atoms with Crippen LogP contribution in [-0.4, -0.2) is 44.3 Å². The number of hydrogen-bond acceptors (Lipinski definition) is 5. The molecule has 6 nitrogen and oxygen atoms in total. The van der Waals surface area contributed by atoms with E-state index in [0.29, 0.717) is 19.3 Å². The number of halogens is 4. The molecule has 1 unspecified atom stereocenters. The number of thioether (sulfide) groups is 1. The van der Waals surface area contributed by atoms with Gasteiger partial charge in [-0.05, 0) is 64.0 Å². The van der Waals surface area contributed by atoms with Crippen LogP contribution in [0, 0.1) is 5.92 Å². The highest BCUT2D eigenvalue weighted by Crippen LogP contribution is 2.39. The number of ether oxygens (including phenoxy) is 1. The number of hydrogen-bond donors (Lipinski definition) is 1. The fourth-order valence-electron chi connectivity index (χ4n) is 4.84. The second-order valence-corrected chi connectivity index (χ2v) is 10.9. The van der Waals surface area contributed by atoms with Crippen LogP contribution in [0.4, 0.5) is 17.6 Å². The first-order valence-corrected chi connectivity index (χ1v) is 13.0. The molecule has 1 N–H and O–H groups in total. The lowest BCUT2D eigenvalue weighted by Crippen LogP contribution is -2.51. The number of nitrogens with one attached hydrogen (secondary N) is 1. The fourth-order valence-corrected chi connectivity index (χ4v) is 6.23. The summed E-state index contributed by atoms with van der Waals surface area (Å²) in [6, 6.07) is 1.06. The quantitative estimate of drug-likeness (QED) is 0.489. The minimum absolute atomic E-state index is 0.00497. The van der Waals surface area contributed by atoms with Crippen LogP contribution >= 0.6 is 11.8 Å². The molecule has 1 amide bonds. The van der Waals surface area contributed by atoms with Gasteiger partial charge in [0.1, 0.15) is 11.4 Å². The number of carbonyl (C=O) groups excluding carboxylic acids is 1. The van der Waals surface area contributed by atoms with Crippen molar-refractivity contribution in [3.8, 4) is 17.0 Å². The molecule has 1 aliphatic heterocycles. The predicted molar refractivity (Wildman–Crippen MR) is 126 cm³/mol. The first-order valence-electron chi connectivity index (χ1n) is 11.8. The standard InChI is InChI=1S/C24H30F4N4O2S/c1-13(2)32-18-10-14(22(33)30-24(3)6-8-35-9-7-24)4-5-16(18)19(31-32)17-11-15(34-23(27)28)12-29-20(17)21(25)26/h11-14,21,23H,4-10H2,1-3H3,(H,30,33). The van der Waals surface area contributed by atoms with Crippen LogP contribution in [0.1, 0.15) is 69.5 Å². The van der Waals surface area contributed by atoms with Crippen molar-refractivity contribution >= 4 is 17.7 Å². The van der Waals surface area contributed by atoms with Crippen LogP contribution in [0.25, 0.3) is 11.3 Å². The molecule has 4 rings (SSSR count). The average Bonchev–Trinajstić information content (AvgIpc) is 3.17. The molecule has 0 bridgehead atoms. The van der Waals surface area contributed by atoms with E-state index >= 15 is 0 Å². The highest BCUT2D eigenvalue weighted by atomic mass is 32.2. The van der Waals surface area contributed by atoms with Gasteiger partial charge in [0.25, 0.3) is 6.43 Å². The Balaban J connectivity index is 1.67. The largest absolute Gasteiger partial charge is 0.433 e. The van der Waals surface area contributed by atoms with E-state index in [4.69, 9.17) is 0 Å². The number of amides is 1. The van der Waals surface area contributed by atoms with Gasteiger partial charge in [-0.15, -0.1) is 0 Å². The van der Waals surface area contributed by atoms with Crippen LogP contribution in [0.2, 0.25) is 0 Å². The fraction of sp³-hybridized carbons (Fsp3) is 0.625. The Hall–Kier alpha value is -2.30. The van der Waals surface area contributed by atoms with Crippen molar-refractivity contribution in [2.75, 3.05) is 11.5 Å². The van der Waals surface area contributed by atoms with Crippen LogP contribution in [0.3, 0.4) is 0 Å². The summed E-state index contributed by atoms with van der Waals surface area (Å²) < 4.78 is 59.2. The molecule has 0 aromatic carbocycles. The Labute approximate surface area is 206 Å². The number of alkyl halides is 4. The maximum absolute atomic E-state index is 13.8. The van der Waals surface area contributed by atoms with Gasteiger partial charge in [0.05, 0.1) is 11.9 Å². The van der Waals surface area contributed by atoms with Gasteiger partial charge in [0, 0.05) is 40.7 Å². The molecule has 1 atom stereocenters. The van der Waals surface area contributed by atoms with Gasteiger partial charge in [-0.1, -0.05) is 0 Å². The van der Waals surface area contributed by atoms with Gasteiger partial charge >= 0.3 is 6.61 Å². The summed E-state index contributed by atoms with van der Waals surface area (Å²) in [7, 11) is 0. The monoisotopic (exact) mass is 514 g/mol. The Morgan fingerprint density at radius 2 is 1.97 bits per heavy atom. The number of rotatable bonds is 7. The zero-order chi connectivity index (χ0) is 25.3. The Morgan fingerprint density at radius 1 is 1.26 bits per heavy atom. The van der Waals surface area contributed by atoms with Crippen molar-refractivity contribution in [2.24, 2.45) is 5.92 Å². The number of fused-ring (bicyclic) bond motifs is 1. The molecule has 192 valence electrons. The summed E-state index contributed by atoms with van der Waals surface area (Å²) in [5.41, 5.74) is 1.07. The molecule has 3 heterocycles. The molecular weight excluding hydrogens is 484 g/mol. The third kappa shape index (κ3) is 5.59. The smallest absolute Gasteiger partial charge is 0.387 e. The van der Waals surface area contributed by atoms with Gasteiger partial charge in [-0.3, -0.25) is 14.5 Å². The van der Waals surface area contributed by atoms with Crippen molar-refractivity contribution in [3.63, 3.8) is 0 Å². The molecule has 0 radical (unpaired) electrons. The van der Waals surface area contributed by atoms with E-state index in [1.165, 1.54) is 0 Å². The molecule has 11 heteroatoms. The topological polar surface area (TPSA) is 69.0 Å². The highest BCUT2D eigenvalue weighted by molar-refractivity contribution is 7.99. The molecule has 35 heavy (non-hydrogen) atoms. The minimum atomic E-state index is -3.10. The van der Waals surface area contributed by atoms with Crippen molar-refractivity contribution in [1.82, 2.24) is 20.1 Å². The number of nitrogens with zero attached hydrogens (tertiary/aromatic N) is 3. The van der Waals surface area contributed by atoms with Gasteiger partial charge < -0.3 is 10.1 Å². The van der Waals surface area contributed by atoms with E-state index in [9.17, 15) is 22.4 Å². The molecule has 0 spiro atoms. The summed E-state index contributed by atoms with van der Waals surface area (Å²) in [6.07, 6.45) is 1.25. The van der Waals surface area contributed by atoms with E-state index in [0.717, 1.165) is 47.9 Å². The molecule has 2 aromatic heterocycles.